The zero-order chi connectivity index (χ0) is 45.9. The molecule has 6 amide bonds. The van der Waals surface area contributed by atoms with Crippen molar-refractivity contribution in [3.05, 3.63) is 88.6 Å². The summed E-state index contributed by atoms with van der Waals surface area (Å²) in [5.74, 6) is -1.77. The maximum Gasteiger partial charge on any atom is 0.264 e. The highest BCUT2D eigenvalue weighted by Crippen LogP contribution is 2.34. The Morgan fingerprint density at radius 2 is 1.65 bits per heavy atom. The molecule has 0 spiro atoms. The fourth-order valence-electron chi connectivity index (χ4n) is 7.58. The van der Waals surface area contributed by atoms with E-state index in [0.717, 1.165) is 43.3 Å². The number of nitrogens with zero attached hydrogens (tertiary/aromatic N) is 5. The van der Waals surface area contributed by atoms with Crippen LogP contribution in [-0.2, 0) is 23.9 Å². The Bertz CT molecular complexity index is 2430. The molecular weight excluding hydrogens is 862 g/mol. The number of rotatable bonds is 20. The number of fused-ring (bicyclic) bond motifs is 1. The van der Waals surface area contributed by atoms with Crippen molar-refractivity contribution in [3.8, 4) is 5.75 Å². The number of carbonyl (C=O) groups is 6. The zero-order valence-electron chi connectivity index (χ0n) is 35.9. The predicted octanol–water partition coefficient (Wildman–Crippen LogP) is 2.77. The molecule has 2 saturated heterocycles. The molecule has 21 heteroatoms. The summed E-state index contributed by atoms with van der Waals surface area (Å²) in [6.07, 6.45) is 1.55. The van der Waals surface area contributed by atoms with Gasteiger partial charge in [-0.3, -0.25) is 43.9 Å². The SMILES string of the molecule is CNC(=O)c1ccccc1Nc1nc(Nc2ccc(N3CCN(CCOCCOCCNC(=O)CNc4cccc5c4C(=O)N(C4CCC(=O)NC4=O)C5=O)CC3)cc2OC)ncc1Cl. The number of para-hydroxylation sites is 1. The van der Waals surface area contributed by atoms with E-state index in [1.807, 2.05) is 24.3 Å². The largest absolute Gasteiger partial charge is 0.494 e. The molecule has 0 radical (unpaired) electrons. The molecule has 1 atom stereocenters. The van der Waals surface area contributed by atoms with Crippen LogP contribution in [0.5, 0.6) is 5.75 Å². The molecule has 3 aromatic carbocycles. The van der Waals surface area contributed by atoms with Crippen LogP contribution in [0, 0.1) is 0 Å². The van der Waals surface area contributed by atoms with Crippen LogP contribution < -0.4 is 41.5 Å². The lowest BCUT2D eigenvalue weighted by Crippen LogP contribution is -2.54. The van der Waals surface area contributed by atoms with Gasteiger partial charge in [0.05, 0.1) is 74.3 Å². The summed E-state index contributed by atoms with van der Waals surface area (Å²) in [6, 6.07) is 16.5. The molecule has 4 aromatic rings. The molecule has 342 valence electrons. The normalized spacial score (nSPS) is 16.2. The smallest absolute Gasteiger partial charge is 0.264 e. The van der Waals surface area contributed by atoms with Crippen molar-refractivity contribution in [2.24, 2.45) is 0 Å². The fraction of sp³-hybridized carbons (Fsp3) is 0.364. The Labute approximate surface area is 379 Å². The molecule has 0 saturated carbocycles. The number of halogens is 1. The molecular formula is C44H50ClN11O9. The van der Waals surface area contributed by atoms with Crippen molar-refractivity contribution in [1.29, 1.82) is 0 Å². The van der Waals surface area contributed by atoms with Gasteiger partial charge in [-0.1, -0.05) is 29.8 Å². The van der Waals surface area contributed by atoms with Crippen LogP contribution >= 0.6 is 11.6 Å². The summed E-state index contributed by atoms with van der Waals surface area (Å²) >= 11 is 6.42. The lowest BCUT2D eigenvalue weighted by molar-refractivity contribution is -0.136. The Morgan fingerprint density at radius 3 is 2.42 bits per heavy atom. The number of carbonyl (C=O) groups excluding carboxylic acids is 6. The van der Waals surface area contributed by atoms with E-state index < -0.39 is 29.7 Å². The Kier molecular flexibility index (Phi) is 15.4. The molecule has 1 aromatic heterocycles. The Hall–Kier alpha value is -6.87. The fourth-order valence-corrected chi connectivity index (χ4v) is 7.71. The lowest BCUT2D eigenvalue weighted by Gasteiger charge is -2.36. The van der Waals surface area contributed by atoms with Crippen LogP contribution in [-0.4, -0.2) is 148 Å². The first-order valence-electron chi connectivity index (χ1n) is 21.1. The number of aromatic nitrogens is 2. The van der Waals surface area contributed by atoms with E-state index in [1.165, 1.54) is 12.3 Å². The summed E-state index contributed by atoms with van der Waals surface area (Å²) in [7, 11) is 3.17. The third-order valence-corrected chi connectivity index (χ3v) is 11.2. The second kappa shape index (κ2) is 21.7. The van der Waals surface area contributed by atoms with Gasteiger partial charge in [-0.25, -0.2) is 4.98 Å². The molecule has 6 N–H and O–H groups in total. The number of amides is 6. The topological polar surface area (TPSA) is 238 Å². The van der Waals surface area contributed by atoms with Gasteiger partial charge in [-0.2, -0.15) is 4.98 Å². The third-order valence-electron chi connectivity index (χ3n) is 11.0. The van der Waals surface area contributed by atoms with Crippen LogP contribution in [0.4, 0.5) is 34.5 Å². The van der Waals surface area contributed by atoms with Gasteiger partial charge in [-0.15, -0.1) is 0 Å². The van der Waals surface area contributed by atoms with Crippen molar-refractivity contribution >= 4 is 81.6 Å². The van der Waals surface area contributed by atoms with Crippen molar-refractivity contribution in [1.82, 2.24) is 35.7 Å². The standard InChI is InChI=1S/C44H50ClN11O9/c1-46-40(59)28-6-3-4-8-31(28)50-39-30(45)25-49-44(53-39)51-32-11-10-27(24-35(32)63-2)55-17-15-54(16-18-55)19-21-65-23-22-64-20-14-47-37(58)26-48-33-9-5-7-29-38(33)43(62)56(42(29)61)34-12-13-36(57)52-41(34)60/h3-11,24-25,34,48H,12-23,26H2,1-2H3,(H,46,59)(H,47,58)(H,52,57,60)(H2,49,50,51,53). The van der Waals surface area contributed by atoms with Crippen LogP contribution in [0.15, 0.2) is 66.9 Å². The molecule has 20 nitrogen and oxygen atoms in total. The monoisotopic (exact) mass is 911 g/mol. The Balaban J connectivity index is 0.766. The molecule has 4 heterocycles. The average molecular weight is 912 g/mol. The lowest BCUT2D eigenvalue weighted by atomic mass is 10.0. The molecule has 65 heavy (non-hydrogen) atoms. The number of nitrogens with one attached hydrogen (secondary N) is 6. The summed E-state index contributed by atoms with van der Waals surface area (Å²) in [4.78, 5) is 89.6. The first-order valence-corrected chi connectivity index (χ1v) is 21.5. The van der Waals surface area contributed by atoms with Gasteiger partial charge in [0.1, 0.15) is 16.8 Å². The van der Waals surface area contributed by atoms with Gasteiger partial charge in [0.2, 0.25) is 23.7 Å². The van der Waals surface area contributed by atoms with Crippen molar-refractivity contribution in [3.63, 3.8) is 0 Å². The maximum absolute atomic E-state index is 13.3. The van der Waals surface area contributed by atoms with Crippen LogP contribution in [0.1, 0.15) is 43.9 Å². The van der Waals surface area contributed by atoms with Crippen LogP contribution in [0.25, 0.3) is 0 Å². The summed E-state index contributed by atoms with van der Waals surface area (Å²) in [5, 5.41) is 17.1. The molecule has 2 fully saturated rings. The van der Waals surface area contributed by atoms with Crippen molar-refractivity contribution in [2.75, 3.05) is 107 Å². The number of hydrogen-bond donors (Lipinski definition) is 6. The van der Waals surface area contributed by atoms with E-state index >= 15 is 0 Å². The summed E-state index contributed by atoms with van der Waals surface area (Å²) in [6.45, 7) is 5.82. The van der Waals surface area contributed by atoms with E-state index in [1.54, 1.807) is 44.5 Å². The first kappa shape index (κ1) is 46.1. The Morgan fingerprint density at radius 1 is 0.877 bits per heavy atom. The number of hydrogen-bond acceptors (Lipinski definition) is 16. The van der Waals surface area contributed by atoms with Gasteiger partial charge < -0.3 is 45.7 Å². The van der Waals surface area contributed by atoms with E-state index in [4.69, 9.17) is 25.8 Å². The van der Waals surface area contributed by atoms with Crippen molar-refractivity contribution in [2.45, 2.75) is 18.9 Å². The quantitative estimate of drug-likeness (QED) is 0.0552. The number of methoxy groups -OCH3 is 1. The molecule has 0 aliphatic carbocycles. The third kappa shape index (κ3) is 11.3. The highest BCUT2D eigenvalue weighted by Gasteiger charge is 2.45. The number of ether oxygens (including phenoxy) is 3. The van der Waals surface area contributed by atoms with Gasteiger partial charge in [0.25, 0.3) is 17.7 Å². The maximum atomic E-state index is 13.3. The first-order chi connectivity index (χ1) is 31.5. The number of piperazine rings is 1. The minimum Gasteiger partial charge on any atom is -0.494 e. The van der Waals surface area contributed by atoms with Gasteiger partial charge in [-0.05, 0) is 42.8 Å². The van der Waals surface area contributed by atoms with Gasteiger partial charge >= 0.3 is 0 Å². The average Bonchev–Trinajstić information content (AvgIpc) is 3.57. The van der Waals surface area contributed by atoms with Gasteiger partial charge in [0.15, 0.2) is 5.82 Å². The van der Waals surface area contributed by atoms with Crippen LogP contribution in [0.2, 0.25) is 5.02 Å². The molecule has 0 bridgehead atoms. The number of piperidine rings is 1. The highest BCUT2D eigenvalue weighted by atomic mass is 35.5. The van der Waals surface area contributed by atoms with E-state index in [-0.39, 0.29) is 66.5 Å². The highest BCUT2D eigenvalue weighted by molar-refractivity contribution is 6.33. The minimum absolute atomic E-state index is 0.0223. The van der Waals surface area contributed by atoms with E-state index in [0.29, 0.717) is 54.0 Å². The second-order valence-corrected chi connectivity index (χ2v) is 15.5. The number of imide groups is 2. The van der Waals surface area contributed by atoms with E-state index in [2.05, 4.69) is 51.7 Å². The predicted molar refractivity (Wildman–Crippen MR) is 241 cm³/mol. The summed E-state index contributed by atoms with van der Waals surface area (Å²) < 4.78 is 17.1. The number of benzene rings is 3. The molecule has 3 aliphatic heterocycles. The van der Waals surface area contributed by atoms with Crippen LogP contribution in [0.3, 0.4) is 0 Å². The van der Waals surface area contributed by atoms with Gasteiger partial charge in [0, 0.05) is 70.2 Å². The number of anilines is 6. The summed E-state index contributed by atoms with van der Waals surface area (Å²) in [5.41, 5.74) is 3.18. The van der Waals surface area contributed by atoms with Crippen molar-refractivity contribution < 1.29 is 43.0 Å². The van der Waals surface area contributed by atoms with E-state index in [9.17, 15) is 28.8 Å². The second-order valence-electron chi connectivity index (χ2n) is 15.1. The molecule has 7 rings (SSSR count). The zero-order valence-corrected chi connectivity index (χ0v) is 36.7. The molecule has 3 aliphatic rings. The molecule has 1 unspecified atom stereocenters. The minimum atomic E-state index is -1.08.